The minimum atomic E-state index is 0.570. The number of hydrogen-bond acceptors (Lipinski definition) is 2. The maximum absolute atomic E-state index is 3.26. The number of rotatable bonds is 4. The van der Waals surface area contributed by atoms with Gasteiger partial charge >= 0.3 is 0 Å². The van der Waals surface area contributed by atoms with Gasteiger partial charge in [-0.05, 0) is 57.3 Å². The minimum absolute atomic E-state index is 0.570. The Hall–Kier alpha value is -0.0800. The number of likely N-dealkylation sites (tertiary alicyclic amines) is 1. The summed E-state index contributed by atoms with van der Waals surface area (Å²) in [6, 6.07) is 0. The van der Waals surface area contributed by atoms with Crippen molar-refractivity contribution >= 4 is 0 Å². The van der Waals surface area contributed by atoms with E-state index in [0.29, 0.717) is 5.41 Å². The maximum atomic E-state index is 3.26. The van der Waals surface area contributed by atoms with Gasteiger partial charge in [0.1, 0.15) is 0 Å². The Balaban J connectivity index is 2.31. The Morgan fingerprint density at radius 2 is 2.00 bits per heavy atom. The highest BCUT2D eigenvalue weighted by Gasteiger charge is 2.23. The lowest BCUT2D eigenvalue weighted by molar-refractivity contribution is 0.231. The van der Waals surface area contributed by atoms with Crippen LogP contribution in [0.2, 0.25) is 0 Å². The van der Waals surface area contributed by atoms with Crippen LogP contribution < -0.4 is 5.32 Å². The number of nitrogens with zero attached hydrogens (tertiary/aromatic N) is 1. The van der Waals surface area contributed by atoms with E-state index in [2.05, 4.69) is 31.0 Å². The lowest BCUT2D eigenvalue weighted by atomic mass is 9.85. The molecule has 0 aromatic heterocycles. The van der Waals surface area contributed by atoms with Crippen molar-refractivity contribution in [3.63, 3.8) is 0 Å². The normalized spacial score (nSPS) is 24.8. The first-order valence-electron chi connectivity index (χ1n) is 6.40. The zero-order chi connectivity index (χ0) is 11.3. The Morgan fingerprint density at radius 1 is 1.27 bits per heavy atom. The smallest absolute Gasteiger partial charge is 0.00191 e. The van der Waals surface area contributed by atoms with E-state index >= 15 is 0 Å². The van der Waals surface area contributed by atoms with Gasteiger partial charge in [-0.25, -0.2) is 0 Å². The average Bonchev–Trinajstić information content (AvgIpc) is 2.28. The minimum Gasteiger partial charge on any atom is -0.319 e. The summed E-state index contributed by atoms with van der Waals surface area (Å²) in [5.41, 5.74) is 0.570. The van der Waals surface area contributed by atoms with Crippen LogP contribution in [0.3, 0.4) is 0 Å². The largest absolute Gasteiger partial charge is 0.319 e. The van der Waals surface area contributed by atoms with E-state index in [9.17, 15) is 0 Å². The molecule has 0 aromatic rings. The fourth-order valence-corrected chi connectivity index (χ4v) is 2.52. The molecular formula is C13H28N2. The quantitative estimate of drug-likeness (QED) is 0.769. The molecule has 2 heteroatoms. The Labute approximate surface area is 95.4 Å². The predicted molar refractivity (Wildman–Crippen MR) is 67.2 cm³/mol. The van der Waals surface area contributed by atoms with E-state index in [0.717, 1.165) is 12.5 Å². The zero-order valence-electron chi connectivity index (χ0n) is 11.0. The molecule has 1 rings (SSSR count). The Morgan fingerprint density at radius 3 is 2.67 bits per heavy atom. The van der Waals surface area contributed by atoms with E-state index in [4.69, 9.17) is 0 Å². The molecule has 90 valence electrons. The summed E-state index contributed by atoms with van der Waals surface area (Å²) < 4.78 is 0. The molecule has 0 spiro atoms. The second-order valence-electron chi connectivity index (χ2n) is 5.98. The van der Waals surface area contributed by atoms with Gasteiger partial charge in [0, 0.05) is 6.54 Å². The van der Waals surface area contributed by atoms with Gasteiger partial charge in [-0.3, -0.25) is 0 Å². The van der Waals surface area contributed by atoms with Crippen molar-refractivity contribution in [3.8, 4) is 0 Å². The first kappa shape index (κ1) is 13.0. The lowest BCUT2D eigenvalue weighted by Crippen LogP contribution is -2.33. The van der Waals surface area contributed by atoms with E-state index in [1.807, 2.05) is 7.05 Å². The summed E-state index contributed by atoms with van der Waals surface area (Å²) in [7, 11) is 2.04. The van der Waals surface area contributed by atoms with Gasteiger partial charge < -0.3 is 10.2 Å². The van der Waals surface area contributed by atoms with E-state index in [-0.39, 0.29) is 0 Å². The monoisotopic (exact) mass is 212 g/mol. The highest BCUT2D eigenvalue weighted by atomic mass is 15.1. The van der Waals surface area contributed by atoms with E-state index < -0.39 is 0 Å². The molecule has 1 N–H and O–H groups in total. The lowest BCUT2D eigenvalue weighted by Gasteiger charge is -2.25. The third kappa shape index (κ3) is 4.98. The van der Waals surface area contributed by atoms with Crippen LogP contribution in [0, 0.1) is 11.3 Å². The first-order chi connectivity index (χ1) is 7.03. The van der Waals surface area contributed by atoms with Gasteiger partial charge in [0.2, 0.25) is 0 Å². The molecule has 1 fully saturated rings. The summed E-state index contributed by atoms with van der Waals surface area (Å²) in [5, 5.41) is 3.26. The van der Waals surface area contributed by atoms with Gasteiger partial charge in [0.15, 0.2) is 0 Å². The number of hydrogen-bond donors (Lipinski definition) is 1. The van der Waals surface area contributed by atoms with Crippen LogP contribution >= 0.6 is 0 Å². The molecule has 0 bridgehead atoms. The highest BCUT2D eigenvalue weighted by Crippen LogP contribution is 2.29. The van der Waals surface area contributed by atoms with Crippen LogP contribution in [0.1, 0.15) is 40.0 Å². The fourth-order valence-electron chi connectivity index (χ4n) is 2.52. The second kappa shape index (κ2) is 5.86. The maximum Gasteiger partial charge on any atom is 0.00191 e. The molecule has 1 aliphatic heterocycles. The molecule has 1 unspecified atom stereocenters. The van der Waals surface area contributed by atoms with Gasteiger partial charge in [0.25, 0.3) is 0 Å². The van der Waals surface area contributed by atoms with Gasteiger partial charge in [-0.2, -0.15) is 0 Å². The van der Waals surface area contributed by atoms with Gasteiger partial charge in [0.05, 0.1) is 0 Å². The van der Waals surface area contributed by atoms with Gasteiger partial charge in [-0.15, -0.1) is 0 Å². The molecule has 0 aromatic carbocycles. The van der Waals surface area contributed by atoms with Crippen molar-refractivity contribution in [3.05, 3.63) is 0 Å². The average molecular weight is 212 g/mol. The molecule has 2 nitrogen and oxygen atoms in total. The summed E-state index contributed by atoms with van der Waals surface area (Å²) in [5.74, 6) is 0.774. The van der Waals surface area contributed by atoms with Crippen molar-refractivity contribution in [1.29, 1.82) is 0 Å². The predicted octanol–water partition coefficient (Wildman–Crippen LogP) is 2.35. The standard InChI is InChI=1S/C13H28N2/c1-12(10-14-4)11-15-8-5-6-13(2,3)7-9-15/h12,14H,5-11H2,1-4H3. The first-order valence-corrected chi connectivity index (χ1v) is 6.40. The summed E-state index contributed by atoms with van der Waals surface area (Å²) >= 11 is 0. The third-order valence-corrected chi connectivity index (χ3v) is 3.56. The van der Waals surface area contributed by atoms with Gasteiger partial charge in [-0.1, -0.05) is 20.8 Å². The molecule has 0 aliphatic carbocycles. The van der Waals surface area contributed by atoms with Crippen LogP contribution in [0.4, 0.5) is 0 Å². The second-order valence-corrected chi connectivity index (χ2v) is 5.98. The van der Waals surface area contributed by atoms with Crippen molar-refractivity contribution in [1.82, 2.24) is 10.2 Å². The van der Waals surface area contributed by atoms with Crippen molar-refractivity contribution in [2.45, 2.75) is 40.0 Å². The molecule has 1 atom stereocenters. The van der Waals surface area contributed by atoms with Crippen molar-refractivity contribution in [2.24, 2.45) is 11.3 Å². The van der Waals surface area contributed by atoms with Crippen molar-refractivity contribution < 1.29 is 0 Å². The molecule has 0 saturated carbocycles. The summed E-state index contributed by atoms with van der Waals surface area (Å²) in [4.78, 5) is 2.65. The summed E-state index contributed by atoms with van der Waals surface area (Å²) in [6.45, 7) is 12.2. The van der Waals surface area contributed by atoms with Crippen LogP contribution in [-0.4, -0.2) is 38.1 Å². The molecule has 0 radical (unpaired) electrons. The molecule has 15 heavy (non-hydrogen) atoms. The Kier molecular flexibility index (Phi) is 5.07. The van der Waals surface area contributed by atoms with E-state index in [1.165, 1.54) is 38.9 Å². The zero-order valence-corrected chi connectivity index (χ0v) is 11.0. The molecule has 1 aliphatic rings. The number of nitrogens with one attached hydrogen (secondary N) is 1. The van der Waals surface area contributed by atoms with Crippen LogP contribution in [-0.2, 0) is 0 Å². The molecule has 1 saturated heterocycles. The van der Waals surface area contributed by atoms with Crippen LogP contribution in [0.5, 0.6) is 0 Å². The Bertz CT molecular complexity index is 177. The topological polar surface area (TPSA) is 15.3 Å². The van der Waals surface area contributed by atoms with E-state index in [1.54, 1.807) is 0 Å². The molecule has 0 amide bonds. The third-order valence-electron chi connectivity index (χ3n) is 3.56. The highest BCUT2D eigenvalue weighted by molar-refractivity contribution is 4.77. The van der Waals surface area contributed by atoms with Crippen LogP contribution in [0.15, 0.2) is 0 Å². The fraction of sp³-hybridized carbons (Fsp3) is 1.00. The van der Waals surface area contributed by atoms with Crippen LogP contribution in [0.25, 0.3) is 0 Å². The van der Waals surface area contributed by atoms with Crippen molar-refractivity contribution in [2.75, 3.05) is 33.2 Å². The SMILES string of the molecule is CNCC(C)CN1CCCC(C)(C)CC1. The molecular weight excluding hydrogens is 184 g/mol. The molecule has 1 heterocycles. The summed E-state index contributed by atoms with van der Waals surface area (Å²) in [6.07, 6.45) is 4.13.